The van der Waals surface area contributed by atoms with Crippen LogP contribution in [0.5, 0.6) is 6.01 Å². The van der Waals surface area contributed by atoms with Gasteiger partial charge >= 0.3 is 6.01 Å². The zero-order valence-electron chi connectivity index (χ0n) is 28.8. The van der Waals surface area contributed by atoms with Crippen molar-refractivity contribution in [3.63, 3.8) is 0 Å². The third-order valence-corrected chi connectivity index (χ3v) is 11.6. The molecule has 0 aliphatic carbocycles. The van der Waals surface area contributed by atoms with E-state index in [4.69, 9.17) is 34.3 Å². The Balaban J connectivity index is 1.21. The van der Waals surface area contributed by atoms with E-state index in [0.29, 0.717) is 61.9 Å². The molecule has 4 saturated heterocycles. The molecule has 1 unspecified atom stereocenters. The van der Waals surface area contributed by atoms with E-state index in [1.165, 1.54) is 0 Å². The molecule has 0 spiro atoms. The number of anilines is 1. The Labute approximate surface area is 290 Å². The van der Waals surface area contributed by atoms with Gasteiger partial charge in [0.25, 0.3) is 0 Å². The molecule has 1 aromatic carbocycles. The minimum atomic E-state index is -0.873. The number of rotatable bonds is 4. The number of piperidine rings is 1. The molecule has 0 radical (unpaired) electrons. The molecular weight excluding hydrogens is 640 g/mol. The highest BCUT2D eigenvalue weighted by Crippen LogP contribution is 2.42. The van der Waals surface area contributed by atoms with E-state index in [1.54, 1.807) is 6.20 Å². The van der Waals surface area contributed by atoms with Gasteiger partial charge in [-0.1, -0.05) is 12.2 Å². The zero-order valence-corrected chi connectivity index (χ0v) is 28.8. The van der Waals surface area contributed by atoms with Crippen molar-refractivity contribution in [2.24, 2.45) is 5.92 Å². The van der Waals surface area contributed by atoms with Gasteiger partial charge in [-0.15, -0.1) is 0 Å². The number of nitrogens with zero attached hydrogens (tertiary/aromatic N) is 7. The number of fused-ring (bicyclic) bond motifs is 7. The van der Waals surface area contributed by atoms with Crippen LogP contribution in [0, 0.1) is 18.7 Å². The molecule has 10 nitrogen and oxygen atoms in total. The molecule has 4 fully saturated rings. The van der Waals surface area contributed by atoms with Crippen LogP contribution in [0.1, 0.15) is 68.7 Å². The molecule has 0 amide bonds. The van der Waals surface area contributed by atoms with Crippen molar-refractivity contribution in [2.75, 3.05) is 57.5 Å². The van der Waals surface area contributed by atoms with E-state index in [2.05, 4.69) is 34.9 Å². The van der Waals surface area contributed by atoms with Crippen molar-refractivity contribution in [3.8, 4) is 17.3 Å². The predicted octanol–water partition coefficient (Wildman–Crippen LogP) is 6.49. The second-order valence-electron chi connectivity index (χ2n) is 14.9. The Hall–Kier alpha value is -3.74. The summed E-state index contributed by atoms with van der Waals surface area (Å²) >= 11 is 0. The lowest BCUT2D eigenvalue weighted by atomic mass is 9.92. The number of hydrogen-bond acceptors (Lipinski definition) is 9. The molecule has 4 aromatic rings. The summed E-state index contributed by atoms with van der Waals surface area (Å²) < 4.78 is 52.6. The van der Waals surface area contributed by atoms with Crippen LogP contribution in [0.2, 0.25) is 0 Å². The minimum Gasteiger partial charge on any atom is -0.461 e. The largest absolute Gasteiger partial charge is 0.461 e. The fourth-order valence-electron chi connectivity index (χ4n) is 9.15. The summed E-state index contributed by atoms with van der Waals surface area (Å²) in [7, 11) is 0. The van der Waals surface area contributed by atoms with Gasteiger partial charge in [0, 0.05) is 49.8 Å². The number of ether oxygens (including phenoxy) is 3. The maximum absolute atomic E-state index is 17.4. The third-order valence-electron chi connectivity index (χ3n) is 11.6. The van der Waals surface area contributed by atoms with Gasteiger partial charge in [-0.25, -0.2) is 13.5 Å². The lowest BCUT2D eigenvalue weighted by Gasteiger charge is -2.34. The molecule has 6 bridgehead atoms. The zero-order chi connectivity index (χ0) is 33.8. The average molecular weight is 686 g/mol. The van der Waals surface area contributed by atoms with Crippen molar-refractivity contribution in [2.45, 2.75) is 82.6 Å². The van der Waals surface area contributed by atoms with E-state index < -0.39 is 12.0 Å². The van der Waals surface area contributed by atoms with Crippen LogP contribution in [0.15, 0.2) is 30.6 Å². The molecule has 12 heteroatoms. The summed E-state index contributed by atoms with van der Waals surface area (Å²) in [5.74, 6) is 0.416. The summed E-state index contributed by atoms with van der Waals surface area (Å²) in [6, 6.07) is 2.25. The van der Waals surface area contributed by atoms with Crippen LogP contribution in [-0.4, -0.2) is 93.9 Å². The number of pyridine rings is 1. The molecule has 0 saturated carbocycles. The number of benzene rings is 1. The van der Waals surface area contributed by atoms with Gasteiger partial charge in [-0.05, 0) is 87.9 Å². The van der Waals surface area contributed by atoms with E-state index in [-0.39, 0.29) is 35.6 Å². The lowest BCUT2D eigenvalue weighted by molar-refractivity contribution is -0.0366. The van der Waals surface area contributed by atoms with Crippen LogP contribution < -0.4 is 9.64 Å². The Kier molecular flexibility index (Phi) is 8.43. The lowest BCUT2D eigenvalue weighted by Crippen LogP contribution is -2.43. The second-order valence-corrected chi connectivity index (χ2v) is 14.9. The second kappa shape index (κ2) is 13.1. The highest BCUT2D eigenvalue weighted by Gasteiger charge is 2.49. The van der Waals surface area contributed by atoms with Crippen molar-refractivity contribution in [3.05, 3.63) is 47.6 Å². The molecule has 6 aliphatic heterocycles. The first kappa shape index (κ1) is 32.2. The Morgan fingerprint density at radius 3 is 2.88 bits per heavy atom. The molecule has 6 aliphatic rings. The molecule has 264 valence electrons. The van der Waals surface area contributed by atoms with Crippen molar-refractivity contribution in [1.82, 2.24) is 29.6 Å². The number of aromatic nitrogens is 5. The maximum Gasteiger partial charge on any atom is 0.319 e. The van der Waals surface area contributed by atoms with Crippen LogP contribution in [0.4, 0.5) is 14.6 Å². The van der Waals surface area contributed by atoms with Gasteiger partial charge in [0.15, 0.2) is 12.0 Å². The smallest absolute Gasteiger partial charge is 0.319 e. The van der Waals surface area contributed by atoms with Gasteiger partial charge in [0.05, 0.1) is 35.9 Å². The Morgan fingerprint density at radius 1 is 1.04 bits per heavy atom. The van der Waals surface area contributed by atoms with Crippen LogP contribution in [0.3, 0.4) is 0 Å². The van der Waals surface area contributed by atoms with Crippen LogP contribution in [0.25, 0.3) is 33.1 Å². The van der Waals surface area contributed by atoms with E-state index in [9.17, 15) is 4.39 Å². The first-order valence-corrected chi connectivity index (χ1v) is 18.4. The number of allylic oxidation sites excluding steroid dienone is 1. The highest BCUT2D eigenvalue weighted by atomic mass is 19.1. The molecule has 9 heterocycles. The maximum atomic E-state index is 17.4. The summed E-state index contributed by atoms with van der Waals surface area (Å²) in [5, 5.41) is 6.17. The molecule has 10 rings (SSSR count). The fourth-order valence-corrected chi connectivity index (χ4v) is 9.15. The van der Waals surface area contributed by atoms with Crippen LogP contribution >= 0.6 is 0 Å². The summed E-state index contributed by atoms with van der Waals surface area (Å²) in [4.78, 5) is 19.0. The minimum absolute atomic E-state index is 0.117. The van der Waals surface area contributed by atoms with Crippen molar-refractivity contribution < 1.29 is 23.0 Å². The van der Waals surface area contributed by atoms with Gasteiger partial charge in [0.1, 0.15) is 29.8 Å². The Bertz CT molecular complexity index is 1950. The quantitative estimate of drug-likeness (QED) is 0.224. The molecule has 0 N–H and O–H groups in total. The fraction of sp³-hybridized carbons (Fsp3) is 0.579. The SMILES string of the molecule is Cc1cc2c(cnn2C2CCCCO2)c2c1C/C=C/COC[C@@H]1CCCN(C1)c1nc(OC[C@@]34CCCN3C[C@H](F)C4)nc3c(F)c-2ncc13. The van der Waals surface area contributed by atoms with Crippen molar-refractivity contribution in [1.29, 1.82) is 0 Å². The Morgan fingerprint density at radius 2 is 1.98 bits per heavy atom. The van der Waals surface area contributed by atoms with E-state index in [1.807, 2.05) is 10.9 Å². The third kappa shape index (κ3) is 5.63. The van der Waals surface area contributed by atoms with Gasteiger partial charge in [-0.3, -0.25) is 9.88 Å². The monoisotopic (exact) mass is 685 g/mol. The molecule has 4 atom stereocenters. The first-order valence-electron chi connectivity index (χ1n) is 18.4. The number of alkyl halides is 1. The normalized spacial score (nSPS) is 28.1. The average Bonchev–Trinajstić information content (AvgIpc) is 3.81. The summed E-state index contributed by atoms with van der Waals surface area (Å²) in [6.45, 7) is 6.97. The number of aryl methyl sites for hydroxylation is 1. The molecular formula is C38H45F2N7O3. The van der Waals surface area contributed by atoms with Gasteiger partial charge in [0.2, 0.25) is 0 Å². The molecule has 50 heavy (non-hydrogen) atoms. The highest BCUT2D eigenvalue weighted by molar-refractivity contribution is 6.00. The van der Waals surface area contributed by atoms with E-state index >= 15 is 4.39 Å². The van der Waals surface area contributed by atoms with Crippen LogP contribution in [-0.2, 0) is 15.9 Å². The van der Waals surface area contributed by atoms with Gasteiger partial charge < -0.3 is 19.1 Å². The summed E-state index contributed by atoms with van der Waals surface area (Å²) in [6.07, 6.45) is 14.6. The first-order chi connectivity index (χ1) is 24.5. The summed E-state index contributed by atoms with van der Waals surface area (Å²) in [5.41, 5.74) is 3.63. The van der Waals surface area contributed by atoms with E-state index in [0.717, 1.165) is 86.6 Å². The van der Waals surface area contributed by atoms with Gasteiger partial charge in [-0.2, -0.15) is 15.1 Å². The standard InChI is InChI=1S/C38H45F2N7O3/c1-24-16-30-28(19-42-47(30)31-10-3-5-15-49-31)32-27(24)9-2-4-14-48-22-25-8-6-12-45(20-25)36-29-18-41-35(32)33(40)34(29)43-37(44-36)50-23-38-11-7-13-46(38)21-26(39)17-38/h2,4,16,18-19,25-26,31H,3,5-15,17,20-23H2,1H3/b4-2+/t25-,26-,31?,38+/m1/s1. The number of hydrogen-bond donors (Lipinski definition) is 0. The topological polar surface area (TPSA) is 90.7 Å². The van der Waals surface area contributed by atoms with Crippen molar-refractivity contribution >= 4 is 27.6 Å². The number of halogens is 2. The molecule has 3 aromatic heterocycles. The predicted molar refractivity (Wildman–Crippen MR) is 187 cm³/mol.